The van der Waals surface area contributed by atoms with Crippen LogP contribution in [0.4, 0.5) is 11.4 Å². The topological polar surface area (TPSA) is 102 Å². The minimum absolute atomic E-state index is 0.184. The second kappa shape index (κ2) is 9.35. The molecule has 1 N–H and O–H groups in total. The summed E-state index contributed by atoms with van der Waals surface area (Å²) in [6.45, 7) is 1.95. The van der Waals surface area contributed by atoms with Crippen LogP contribution in [-0.4, -0.2) is 36.9 Å². The van der Waals surface area contributed by atoms with Gasteiger partial charge in [-0.05, 0) is 67.6 Å². The summed E-state index contributed by atoms with van der Waals surface area (Å²) in [6.07, 6.45) is 0. The first-order chi connectivity index (χ1) is 16.0. The highest BCUT2D eigenvalue weighted by molar-refractivity contribution is 6.34. The number of anilines is 2. The van der Waals surface area contributed by atoms with Gasteiger partial charge in [-0.25, -0.2) is 9.69 Å². The summed E-state index contributed by atoms with van der Waals surface area (Å²) in [5.41, 5.74) is 1.74. The van der Waals surface area contributed by atoms with Crippen LogP contribution in [0.1, 0.15) is 38.0 Å². The standard InChI is InChI=1S/C25H20N2O6/c1-2-32-19-13-9-17(10-14-19)26-22(28)15-33-25(31)16-7-11-18(12-8-16)27-23(29)20-5-3-4-6-21(20)24(27)30/h3-14H,2,15H2,1H3,(H,26,28). The van der Waals surface area contributed by atoms with E-state index in [1.165, 1.54) is 24.3 Å². The third-order valence-corrected chi connectivity index (χ3v) is 4.94. The number of amides is 3. The molecule has 33 heavy (non-hydrogen) atoms. The van der Waals surface area contributed by atoms with E-state index in [-0.39, 0.29) is 5.56 Å². The molecule has 1 aliphatic rings. The van der Waals surface area contributed by atoms with Crippen molar-refractivity contribution < 1.29 is 28.7 Å². The number of hydrogen-bond acceptors (Lipinski definition) is 6. The molecule has 0 aliphatic carbocycles. The number of esters is 1. The van der Waals surface area contributed by atoms with Crippen molar-refractivity contribution in [1.29, 1.82) is 0 Å². The van der Waals surface area contributed by atoms with E-state index in [1.807, 2.05) is 6.92 Å². The highest BCUT2D eigenvalue weighted by Gasteiger charge is 2.36. The zero-order chi connectivity index (χ0) is 23.4. The van der Waals surface area contributed by atoms with Crippen LogP contribution in [0.2, 0.25) is 0 Å². The first-order valence-corrected chi connectivity index (χ1v) is 10.3. The Hall–Kier alpha value is -4.46. The van der Waals surface area contributed by atoms with Crippen LogP contribution in [-0.2, 0) is 9.53 Å². The minimum atomic E-state index is -0.703. The molecule has 3 aromatic rings. The zero-order valence-electron chi connectivity index (χ0n) is 17.7. The lowest BCUT2D eigenvalue weighted by atomic mass is 10.1. The predicted octanol–water partition coefficient (Wildman–Crippen LogP) is 3.68. The summed E-state index contributed by atoms with van der Waals surface area (Å²) in [5, 5.41) is 2.63. The first kappa shape index (κ1) is 21.8. The highest BCUT2D eigenvalue weighted by Crippen LogP contribution is 2.28. The molecule has 0 radical (unpaired) electrons. The maximum absolute atomic E-state index is 12.6. The molecular formula is C25H20N2O6. The van der Waals surface area contributed by atoms with Crippen LogP contribution in [0.15, 0.2) is 72.8 Å². The van der Waals surface area contributed by atoms with Crippen molar-refractivity contribution >= 4 is 35.1 Å². The van der Waals surface area contributed by atoms with Crippen molar-refractivity contribution in [3.05, 3.63) is 89.5 Å². The fraction of sp³-hybridized carbons (Fsp3) is 0.120. The summed E-state index contributed by atoms with van der Waals surface area (Å²) < 4.78 is 10.4. The van der Waals surface area contributed by atoms with E-state index >= 15 is 0 Å². The molecule has 0 spiro atoms. The van der Waals surface area contributed by atoms with E-state index in [9.17, 15) is 19.2 Å². The Bertz CT molecular complexity index is 1180. The van der Waals surface area contributed by atoms with Gasteiger partial charge in [-0.3, -0.25) is 14.4 Å². The maximum Gasteiger partial charge on any atom is 0.338 e. The lowest BCUT2D eigenvalue weighted by Gasteiger charge is -2.14. The number of rotatable bonds is 7. The zero-order valence-corrected chi connectivity index (χ0v) is 17.7. The molecule has 0 unspecified atom stereocenters. The van der Waals surface area contributed by atoms with Gasteiger partial charge in [-0.2, -0.15) is 0 Å². The quantitative estimate of drug-likeness (QED) is 0.441. The third-order valence-electron chi connectivity index (χ3n) is 4.94. The van der Waals surface area contributed by atoms with Crippen molar-refractivity contribution in [2.24, 2.45) is 0 Å². The van der Waals surface area contributed by atoms with Gasteiger partial charge in [0.1, 0.15) is 5.75 Å². The molecule has 0 fully saturated rings. The van der Waals surface area contributed by atoms with E-state index in [0.717, 1.165) is 4.90 Å². The molecule has 4 rings (SSSR count). The van der Waals surface area contributed by atoms with E-state index < -0.39 is 30.3 Å². The van der Waals surface area contributed by atoms with E-state index in [2.05, 4.69) is 5.32 Å². The van der Waals surface area contributed by atoms with Crippen molar-refractivity contribution in [2.45, 2.75) is 6.92 Å². The Labute approximate surface area is 189 Å². The van der Waals surface area contributed by atoms with Gasteiger partial charge in [-0.15, -0.1) is 0 Å². The number of nitrogens with zero attached hydrogens (tertiary/aromatic N) is 1. The molecule has 0 aromatic heterocycles. The maximum atomic E-state index is 12.6. The average Bonchev–Trinajstić information content (AvgIpc) is 3.09. The van der Waals surface area contributed by atoms with Gasteiger partial charge >= 0.3 is 5.97 Å². The van der Waals surface area contributed by atoms with E-state index in [4.69, 9.17) is 9.47 Å². The molecule has 0 saturated carbocycles. The van der Waals surface area contributed by atoms with Gasteiger partial charge < -0.3 is 14.8 Å². The molecule has 0 saturated heterocycles. The second-order valence-electron chi connectivity index (χ2n) is 7.12. The van der Waals surface area contributed by atoms with Gasteiger partial charge in [0.25, 0.3) is 17.7 Å². The molecule has 3 amide bonds. The van der Waals surface area contributed by atoms with Crippen LogP contribution < -0.4 is 15.0 Å². The number of ether oxygens (including phenoxy) is 2. The Balaban J connectivity index is 1.34. The number of imide groups is 1. The summed E-state index contributed by atoms with van der Waals surface area (Å²) in [4.78, 5) is 50.6. The molecule has 166 valence electrons. The number of nitrogens with one attached hydrogen (secondary N) is 1. The Kier molecular flexibility index (Phi) is 6.17. The van der Waals surface area contributed by atoms with Crippen molar-refractivity contribution in [3.8, 4) is 5.75 Å². The molecule has 1 heterocycles. The average molecular weight is 444 g/mol. The van der Waals surface area contributed by atoms with E-state index in [1.54, 1.807) is 48.5 Å². The van der Waals surface area contributed by atoms with Gasteiger partial charge in [0.2, 0.25) is 0 Å². The number of carbonyl (C=O) groups excluding carboxylic acids is 4. The molecule has 8 heteroatoms. The largest absolute Gasteiger partial charge is 0.494 e. The monoisotopic (exact) mass is 444 g/mol. The Morgan fingerprint density at radius 3 is 2.03 bits per heavy atom. The summed E-state index contributed by atoms with van der Waals surface area (Å²) in [7, 11) is 0. The van der Waals surface area contributed by atoms with Crippen LogP contribution in [0.25, 0.3) is 0 Å². The molecule has 1 aliphatic heterocycles. The van der Waals surface area contributed by atoms with Gasteiger partial charge in [0.15, 0.2) is 6.61 Å². The normalized spacial score (nSPS) is 12.3. The number of carbonyl (C=O) groups is 4. The van der Waals surface area contributed by atoms with Gasteiger partial charge in [-0.1, -0.05) is 12.1 Å². The van der Waals surface area contributed by atoms with Crippen LogP contribution in [0.5, 0.6) is 5.75 Å². The lowest BCUT2D eigenvalue weighted by molar-refractivity contribution is -0.119. The fourth-order valence-electron chi connectivity index (χ4n) is 3.38. The number of hydrogen-bond donors (Lipinski definition) is 1. The number of benzene rings is 3. The summed E-state index contributed by atoms with van der Waals surface area (Å²) >= 11 is 0. The van der Waals surface area contributed by atoms with E-state index in [0.29, 0.717) is 34.9 Å². The Morgan fingerprint density at radius 2 is 1.45 bits per heavy atom. The fourth-order valence-corrected chi connectivity index (χ4v) is 3.38. The SMILES string of the molecule is CCOc1ccc(NC(=O)COC(=O)c2ccc(N3C(=O)c4ccccc4C3=O)cc2)cc1. The van der Waals surface area contributed by atoms with Crippen molar-refractivity contribution in [3.63, 3.8) is 0 Å². The first-order valence-electron chi connectivity index (χ1n) is 10.3. The minimum Gasteiger partial charge on any atom is -0.494 e. The van der Waals surface area contributed by atoms with Crippen molar-refractivity contribution in [1.82, 2.24) is 0 Å². The smallest absolute Gasteiger partial charge is 0.338 e. The highest BCUT2D eigenvalue weighted by atomic mass is 16.5. The predicted molar refractivity (Wildman–Crippen MR) is 121 cm³/mol. The summed E-state index contributed by atoms with van der Waals surface area (Å²) in [6, 6.07) is 19.2. The van der Waals surface area contributed by atoms with Gasteiger partial charge in [0.05, 0.1) is 29.0 Å². The van der Waals surface area contributed by atoms with Gasteiger partial charge in [0, 0.05) is 5.69 Å². The van der Waals surface area contributed by atoms with Crippen LogP contribution in [0.3, 0.4) is 0 Å². The van der Waals surface area contributed by atoms with Crippen molar-refractivity contribution in [2.75, 3.05) is 23.4 Å². The van der Waals surface area contributed by atoms with Crippen LogP contribution in [0, 0.1) is 0 Å². The molecule has 8 nitrogen and oxygen atoms in total. The third kappa shape index (κ3) is 4.59. The molecular weight excluding hydrogens is 424 g/mol. The molecule has 3 aromatic carbocycles. The molecule has 0 bridgehead atoms. The molecule has 0 atom stereocenters. The summed E-state index contributed by atoms with van der Waals surface area (Å²) in [5.74, 6) is -1.35. The lowest BCUT2D eigenvalue weighted by Crippen LogP contribution is -2.29. The Morgan fingerprint density at radius 1 is 0.848 bits per heavy atom. The second-order valence-corrected chi connectivity index (χ2v) is 7.12. The van der Waals surface area contributed by atoms with Crippen LogP contribution >= 0.6 is 0 Å². The number of fused-ring (bicyclic) bond motifs is 1.